The maximum Gasteiger partial charge on any atom is 0.254 e. The highest BCUT2D eigenvalue weighted by Gasteiger charge is 2.48. The largest absolute Gasteiger partial charge is 0.452 e. The topological polar surface area (TPSA) is 73.0 Å². The molecule has 4 aromatic rings. The molecule has 0 aliphatic heterocycles. The highest BCUT2D eigenvalue weighted by atomic mass is 32.2. The molecule has 29 heavy (non-hydrogen) atoms. The zero-order chi connectivity index (χ0) is 20.0. The van der Waals surface area contributed by atoms with Crippen molar-refractivity contribution in [2.45, 2.75) is 23.5 Å². The van der Waals surface area contributed by atoms with E-state index in [2.05, 4.69) is 15.4 Å². The van der Waals surface area contributed by atoms with Gasteiger partial charge < -0.3 is 9.73 Å². The number of rotatable bonds is 5. The van der Waals surface area contributed by atoms with Crippen molar-refractivity contribution in [3.8, 4) is 5.69 Å². The number of carbonyl (C=O) groups excluding carboxylic acids is 1. The van der Waals surface area contributed by atoms with Gasteiger partial charge in [-0.15, -0.1) is 0 Å². The van der Waals surface area contributed by atoms with E-state index >= 15 is 0 Å². The molecule has 0 bridgehead atoms. The van der Waals surface area contributed by atoms with E-state index in [1.54, 1.807) is 35.4 Å². The van der Waals surface area contributed by atoms with Crippen LogP contribution < -0.4 is 5.32 Å². The summed E-state index contributed by atoms with van der Waals surface area (Å²) in [7, 11) is 0. The van der Waals surface area contributed by atoms with Gasteiger partial charge in [0.25, 0.3) is 5.91 Å². The van der Waals surface area contributed by atoms with Crippen LogP contribution in [0.15, 0.2) is 64.5 Å². The summed E-state index contributed by atoms with van der Waals surface area (Å²) < 4.78 is 20.7. The van der Waals surface area contributed by atoms with E-state index in [1.807, 2.05) is 18.4 Å². The van der Waals surface area contributed by atoms with Gasteiger partial charge in [0.05, 0.1) is 34.7 Å². The Bertz CT molecular complexity index is 1210. The average molecular weight is 408 g/mol. The van der Waals surface area contributed by atoms with Crippen molar-refractivity contribution in [3.05, 3.63) is 72.1 Å². The van der Waals surface area contributed by atoms with E-state index in [0.29, 0.717) is 22.2 Å². The number of amides is 1. The van der Waals surface area contributed by atoms with E-state index < -0.39 is 5.54 Å². The van der Waals surface area contributed by atoms with Crippen LogP contribution in [0.5, 0.6) is 0 Å². The van der Waals surface area contributed by atoms with Gasteiger partial charge in [0.2, 0.25) is 0 Å². The Morgan fingerprint density at radius 2 is 1.97 bits per heavy atom. The van der Waals surface area contributed by atoms with E-state index in [-0.39, 0.29) is 11.7 Å². The number of thioether (sulfide) groups is 1. The SMILES string of the molecule is CSc1ccc(C2(NC(=O)c3cncc4c3cnn4-c3ccc(F)cc3)CC2)o1. The van der Waals surface area contributed by atoms with Crippen molar-refractivity contribution >= 4 is 28.6 Å². The first-order valence-corrected chi connectivity index (χ1v) is 10.4. The van der Waals surface area contributed by atoms with Crippen molar-refractivity contribution in [2.24, 2.45) is 0 Å². The van der Waals surface area contributed by atoms with Crippen LogP contribution in [0.1, 0.15) is 29.0 Å². The molecule has 0 radical (unpaired) electrons. The lowest BCUT2D eigenvalue weighted by molar-refractivity contribution is 0.0925. The fourth-order valence-corrected chi connectivity index (χ4v) is 3.82. The average Bonchev–Trinajstić information content (AvgIpc) is 3.17. The fourth-order valence-electron chi connectivity index (χ4n) is 3.44. The molecule has 1 aliphatic rings. The summed E-state index contributed by atoms with van der Waals surface area (Å²) in [6.45, 7) is 0. The standard InChI is InChI=1S/C21H17FN4O2S/c1-29-19-7-6-18(28-19)21(8-9-21)25-20(27)16-10-23-12-17-15(16)11-24-26(17)14-4-2-13(22)3-5-14/h2-7,10-12H,8-9H2,1H3,(H,25,27). The molecule has 1 saturated carbocycles. The van der Waals surface area contributed by atoms with Gasteiger partial charge in [0.15, 0.2) is 5.09 Å². The summed E-state index contributed by atoms with van der Waals surface area (Å²) in [6.07, 6.45) is 8.43. The Morgan fingerprint density at radius 3 is 2.66 bits per heavy atom. The van der Waals surface area contributed by atoms with E-state index in [1.165, 1.54) is 23.9 Å². The maximum atomic E-state index is 13.2. The van der Waals surface area contributed by atoms with E-state index in [0.717, 1.165) is 23.7 Å². The number of fused-ring (bicyclic) bond motifs is 1. The van der Waals surface area contributed by atoms with Crippen LogP contribution in [-0.2, 0) is 5.54 Å². The Morgan fingerprint density at radius 1 is 1.17 bits per heavy atom. The number of hydrogen-bond donors (Lipinski definition) is 1. The lowest BCUT2D eigenvalue weighted by Crippen LogP contribution is -2.34. The van der Waals surface area contributed by atoms with Crippen LogP contribution in [0.25, 0.3) is 16.6 Å². The molecule has 146 valence electrons. The van der Waals surface area contributed by atoms with Gasteiger partial charge in [-0.1, -0.05) is 11.8 Å². The van der Waals surface area contributed by atoms with Gasteiger partial charge in [-0.25, -0.2) is 9.07 Å². The molecule has 6 nitrogen and oxygen atoms in total. The summed E-state index contributed by atoms with van der Waals surface area (Å²) in [6, 6.07) is 9.85. The minimum atomic E-state index is -0.458. The van der Waals surface area contributed by atoms with Crippen LogP contribution in [0, 0.1) is 5.82 Å². The summed E-state index contributed by atoms with van der Waals surface area (Å²) in [5, 5.41) is 9.00. The van der Waals surface area contributed by atoms with Gasteiger partial charge >= 0.3 is 0 Å². The van der Waals surface area contributed by atoms with Gasteiger partial charge in [-0.3, -0.25) is 9.78 Å². The first-order valence-electron chi connectivity index (χ1n) is 9.14. The lowest BCUT2D eigenvalue weighted by atomic mass is 10.1. The van der Waals surface area contributed by atoms with Crippen molar-refractivity contribution in [3.63, 3.8) is 0 Å². The zero-order valence-corrected chi connectivity index (χ0v) is 16.4. The first-order chi connectivity index (χ1) is 14.1. The molecule has 1 N–H and O–H groups in total. The third-order valence-electron chi connectivity index (χ3n) is 5.17. The number of benzene rings is 1. The predicted octanol–water partition coefficient (Wildman–Crippen LogP) is 4.29. The number of aromatic nitrogens is 3. The molecule has 0 spiro atoms. The Balaban J connectivity index is 1.47. The van der Waals surface area contributed by atoms with Crippen LogP contribution in [0.4, 0.5) is 4.39 Å². The van der Waals surface area contributed by atoms with Crippen molar-refractivity contribution in [1.29, 1.82) is 0 Å². The molecular weight excluding hydrogens is 391 g/mol. The Kier molecular flexibility index (Phi) is 4.16. The quantitative estimate of drug-likeness (QED) is 0.499. The number of nitrogens with zero attached hydrogens (tertiary/aromatic N) is 3. The lowest BCUT2D eigenvalue weighted by Gasteiger charge is -2.15. The van der Waals surface area contributed by atoms with E-state index in [4.69, 9.17) is 4.42 Å². The number of pyridine rings is 1. The monoisotopic (exact) mass is 408 g/mol. The molecule has 1 aliphatic carbocycles. The van der Waals surface area contributed by atoms with Gasteiger partial charge in [0.1, 0.15) is 11.6 Å². The summed E-state index contributed by atoms with van der Waals surface area (Å²) in [5.74, 6) is 0.236. The zero-order valence-electron chi connectivity index (χ0n) is 15.6. The van der Waals surface area contributed by atoms with Crippen LogP contribution in [0.2, 0.25) is 0 Å². The highest BCUT2D eigenvalue weighted by molar-refractivity contribution is 7.98. The summed E-state index contributed by atoms with van der Waals surface area (Å²) in [4.78, 5) is 17.3. The maximum absolute atomic E-state index is 13.2. The number of carbonyl (C=O) groups is 1. The van der Waals surface area contributed by atoms with E-state index in [9.17, 15) is 9.18 Å². The molecule has 0 saturated heterocycles. The first kappa shape index (κ1) is 17.9. The molecule has 1 aromatic carbocycles. The Hall–Kier alpha value is -3.13. The van der Waals surface area contributed by atoms with Crippen LogP contribution in [0.3, 0.4) is 0 Å². The van der Waals surface area contributed by atoms with Gasteiger partial charge in [-0.05, 0) is 55.5 Å². The molecule has 0 unspecified atom stereocenters. The van der Waals surface area contributed by atoms with Gasteiger partial charge in [-0.2, -0.15) is 5.10 Å². The number of halogens is 1. The molecule has 3 heterocycles. The third-order valence-corrected chi connectivity index (χ3v) is 5.79. The minimum Gasteiger partial charge on any atom is -0.452 e. The number of furan rings is 1. The number of hydrogen-bond acceptors (Lipinski definition) is 5. The second-order valence-electron chi connectivity index (χ2n) is 7.01. The molecule has 5 rings (SSSR count). The Labute approximate surface area is 170 Å². The smallest absolute Gasteiger partial charge is 0.254 e. The molecule has 8 heteroatoms. The van der Waals surface area contributed by atoms with Crippen LogP contribution >= 0.6 is 11.8 Å². The van der Waals surface area contributed by atoms with Crippen molar-refractivity contribution < 1.29 is 13.6 Å². The highest BCUT2D eigenvalue weighted by Crippen LogP contribution is 2.47. The van der Waals surface area contributed by atoms with Gasteiger partial charge in [0, 0.05) is 11.6 Å². The van der Waals surface area contributed by atoms with Crippen molar-refractivity contribution in [2.75, 3.05) is 6.26 Å². The third kappa shape index (κ3) is 3.09. The fraction of sp³-hybridized carbons (Fsp3) is 0.190. The van der Waals surface area contributed by atoms with Crippen molar-refractivity contribution in [1.82, 2.24) is 20.1 Å². The predicted molar refractivity (Wildman–Crippen MR) is 108 cm³/mol. The minimum absolute atomic E-state index is 0.221. The second-order valence-corrected chi connectivity index (χ2v) is 7.82. The molecular formula is C21H17FN4O2S. The normalized spacial score (nSPS) is 14.8. The summed E-state index contributed by atoms with van der Waals surface area (Å²) >= 11 is 1.53. The summed E-state index contributed by atoms with van der Waals surface area (Å²) in [5.41, 5.74) is 1.36. The number of nitrogens with one attached hydrogen (secondary N) is 1. The second kappa shape index (κ2) is 6.73. The molecule has 0 atom stereocenters. The molecule has 1 fully saturated rings. The van der Waals surface area contributed by atoms with Crippen LogP contribution in [-0.4, -0.2) is 26.9 Å². The molecule has 1 amide bonds. The molecule has 3 aromatic heterocycles.